The van der Waals surface area contributed by atoms with Crippen molar-refractivity contribution in [3.63, 3.8) is 0 Å². The first-order valence-corrected chi connectivity index (χ1v) is 8.41. The van der Waals surface area contributed by atoms with Gasteiger partial charge in [0.15, 0.2) is 19.0 Å². The molecule has 2 aromatic rings. The van der Waals surface area contributed by atoms with Crippen molar-refractivity contribution in [1.29, 1.82) is 0 Å². The highest BCUT2D eigenvalue weighted by molar-refractivity contribution is 6.02. The fourth-order valence-corrected chi connectivity index (χ4v) is 3.10. The quantitative estimate of drug-likeness (QED) is 0.661. The van der Waals surface area contributed by atoms with Crippen LogP contribution in [0, 0.1) is 0 Å². The second-order valence-corrected chi connectivity index (χ2v) is 6.50. The van der Waals surface area contributed by atoms with E-state index in [1.54, 1.807) is 12.1 Å². The summed E-state index contributed by atoms with van der Waals surface area (Å²) in [5.41, 5.74) is 1.11. The van der Waals surface area contributed by atoms with Crippen LogP contribution in [0.2, 0.25) is 0 Å². The van der Waals surface area contributed by atoms with Crippen LogP contribution in [0.25, 0.3) is 0 Å². The highest BCUT2D eigenvalue weighted by Crippen LogP contribution is 2.49. The molecule has 0 aromatic heterocycles. The number of carbonyl (C=O) groups excluding carboxylic acids is 3. The number of anilines is 1. The summed E-state index contributed by atoms with van der Waals surface area (Å²) in [7, 11) is 0. The average Bonchev–Trinajstić information content (AvgIpc) is 3.48. The normalized spacial score (nSPS) is 16.7. The molecule has 0 saturated heterocycles. The Bertz CT molecular complexity index is 886. The van der Waals surface area contributed by atoms with Crippen LogP contribution in [-0.2, 0) is 19.7 Å². The van der Waals surface area contributed by atoms with Crippen LogP contribution in [0.5, 0.6) is 5.75 Å². The molecule has 0 spiro atoms. The maximum atomic E-state index is 12.5. The third kappa shape index (κ3) is 2.94. The average molecular weight is 351 g/mol. The van der Waals surface area contributed by atoms with Crippen molar-refractivity contribution in [2.24, 2.45) is 0 Å². The van der Waals surface area contributed by atoms with Gasteiger partial charge in [0.2, 0.25) is 0 Å². The van der Waals surface area contributed by atoms with Gasteiger partial charge in [-0.15, -0.1) is 0 Å². The Hall–Kier alpha value is -3.15. The lowest BCUT2D eigenvalue weighted by Gasteiger charge is -2.18. The van der Waals surface area contributed by atoms with Crippen molar-refractivity contribution in [2.75, 3.05) is 18.5 Å². The first-order chi connectivity index (χ1) is 12.6. The summed E-state index contributed by atoms with van der Waals surface area (Å²) in [6.07, 6.45) is 1.46. The molecule has 26 heavy (non-hydrogen) atoms. The Kier molecular flexibility index (Phi) is 3.95. The van der Waals surface area contributed by atoms with E-state index < -0.39 is 5.41 Å². The first-order valence-electron chi connectivity index (χ1n) is 8.41. The monoisotopic (exact) mass is 351 g/mol. The molecule has 1 amide bonds. The number of nitrogens with one attached hydrogen (secondary N) is 1. The highest BCUT2D eigenvalue weighted by Gasteiger charge is 2.52. The molecular formula is C20H17NO5. The Morgan fingerprint density at radius 1 is 1.12 bits per heavy atom. The van der Waals surface area contributed by atoms with Crippen molar-refractivity contribution < 1.29 is 23.9 Å². The molecule has 132 valence electrons. The lowest BCUT2D eigenvalue weighted by Crippen LogP contribution is -2.27. The van der Waals surface area contributed by atoms with E-state index in [-0.39, 0.29) is 30.9 Å². The van der Waals surface area contributed by atoms with Crippen molar-refractivity contribution >= 4 is 23.3 Å². The van der Waals surface area contributed by atoms with E-state index in [9.17, 15) is 14.4 Å². The fourth-order valence-electron chi connectivity index (χ4n) is 3.10. The number of ether oxygens (including phenoxy) is 2. The van der Waals surface area contributed by atoms with Gasteiger partial charge in [-0.05, 0) is 36.6 Å². The van der Waals surface area contributed by atoms with E-state index in [1.807, 2.05) is 30.3 Å². The second kappa shape index (κ2) is 6.29. The number of Topliss-reactive ketones (excluding diaryl/α,β-unsaturated/α-hetero) is 1. The minimum atomic E-state index is -0.612. The molecule has 2 aliphatic rings. The Morgan fingerprint density at radius 2 is 1.88 bits per heavy atom. The van der Waals surface area contributed by atoms with Gasteiger partial charge in [0.25, 0.3) is 5.91 Å². The number of rotatable bonds is 5. The number of esters is 1. The van der Waals surface area contributed by atoms with Crippen molar-refractivity contribution in [2.45, 2.75) is 18.3 Å². The van der Waals surface area contributed by atoms with E-state index in [4.69, 9.17) is 9.47 Å². The van der Waals surface area contributed by atoms with Gasteiger partial charge in [-0.2, -0.15) is 0 Å². The summed E-state index contributed by atoms with van der Waals surface area (Å²) >= 11 is 0. The maximum absolute atomic E-state index is 12.5. The Morgan fingerprint density at radius 3 is 2.62 bits per heavy atom. The molecule has 0 atom stereocenters. The van der Waals surface area contributed by atoms with Crippen LogP contribution in [-0.4, -0.2) is 30.9 Å². The number of fused-ring (bicyclic) bond motifs is 1. The summed E-state index contributed by atoms with van der Waals surface area (Å²) in [4.78, 5) is 36.2. The first kappa shape index (κ1) is 16.3. The van der Waals surface area contributed by atoms with Gasteiger partial charge in [-0.1, -0.05) is 30.3 Å². The molecule has 1 fully saturated rings. The number of carbonyl (C=O) groups is 3. The van der Waals surface area contributed by atoms with Crippen molar-refractivity contribution in [1.82, 2.24) is 0 Å². The molecule has 2 aromatic carbocycles. The SMILES string of the molecule is O=C1COc2ccc(C(=O)COC(=O)C3(c4ccccc4)CC3)cc2N1. The molecule has 6 nitrogen and oxygen atoms in total. The fraction of sp³-hybridized carbons (Fsp3) is 0.250. The molecule has 1 aliphatic heterocycles. The minimum absolute atomic E-state index is 0.0422. The molecule has 4 rings (SSSR count). The van der Waals surface area contributed by atoms with Crippen LogP contribution in [0.1, 0.15) is 28.8 Å². The van der Waals surface area contributed by atoms with Gasteiger partial charge in [-0.25, -0.2) is 0 Å². The third-order valence-corrected chi connectivity index (χ3v) is 4.74. The molecule has 0 unspecified atom stereocenters. The summed E-state index contributed by atoms with van der Waals surface area (Å²) in [6, 6.07) is 14.2. The number of benzene rings is 2. The van der Waals surface area contributed by atoms with Crippen molar-refractivity contribution in [3.05, 3.63) is 59.7 Å². The lowest BCUT2D eigenvalue weighted by atomic mass is 9.96. The standard InChI is InChI=1S/C20H17NO5/c22-16(13-6-7-17-15(10-13)21-18(23)12-25-17)11-26-19(24)20(8-9-20)14-4-2-1-3-5-14/h1-7,10H,8-9,11-12H2,(H,21,23). The summed E-state index contributed by atoms with van der Waals surface area (Å²) in [5, 5.41) is 2.65. The van der Waals surface area contributed by atoms with Gasteiger partial charge in [0.05, 0.1) is 11.1 Å². The van der Waals surface area contributed by atoms with Gasteiger partial charge in [-0.3, -0.25) is 14.4 Å². The molecule has 0 radical (unpaired) electrons. The van der Waals surface area contributed by atoms with Gasteiger partial charge >= 0.3 is 5.97 Å². The third-order valence-electron chi connectivity index (χ3n) is 4.74. The summed E-state index contributed by atoms with van der Waals surface area (Å²) < 4.78 is 10.6. The zero-order valence-corrected chi connectivity index (χ0v) is 14.0. The molecular weight excluding hydrogens is 334 g/mol. The van der Waals surface area contributed by atoms with Gasteiger partial charge in [0, 0.05) is 5.56 Å². The second-order valence-electron chi connectivity index (χ2n) is 6.50. The predicted molar refractivity (Wildman–Crippen MR) is 93.2 cm³/mol. The molecule has 1 heterocycles. The number of amides is 1. The highest BCUT2D eigenvalue weighted by atomic mass is 16.5. The largest absolute Gasteiger partial charge is 0.482 e. The van der Waals surface area contributed by atoms with Crippen LogP contribution < -0.4 is 10.1 Å². The molecule has 6 heteroatoms. The number of hydrogen-bond donors (Lipinski definition) is 1. The van der Waals surface area contributed by atoms with E-state index >= 15 is 0 Å². The molecule has 0 bridgehead atoms. The zero-order valence-electron chi connectivity index (χ0n) is 14.0. The van der Waals surface area contributed by atoms with Gasteiger partial charge < -0.3 is 14.8 Å². The van der Waals surface area contributed by atoms with Crippen LogP contribution in [0.15, 0.2) is 48.5 Å². The number of ketones is 1. The summed E-state index contributed by atoms with van der Waals surface area (Å²) in [6.45, 7) is -0.375. The van der Waals surface area contributed by atoms with Gasteiger partial charge in [0.1, 0.15) is 5.75 Å². The smallest absolute Gasteiger partial charge is 0.317 e. The lowest BCUT2D eigenvalue weighted by molar-refractivity contribution is -0.145. The maximum Gasteiger partial charge on any atom is 0.317 e. The Balaban J connectivity index is 1.42. The zero-order chi connectivity index (χ0) is 18.1. The van der Waals surface area contributed by atoms with E-state index in [1.165, 1.54) is 6.07 Å². The van der Waals surface area contributed by atoms with E-state index in [0.717, 1.165) is 18.4 Å². The molecule has 1 N–H and O–H groups in total. The van der Waals surface area contributed by atoms with E-state index in [0.29, 0.717) is 17.0 Å². The van der Waals surface area contributed by atoms with Crippen LogP contribution in [0.4, 0.5) is 5.69 Å². The summed E-state index contributed by atoms with van der Waals surface area (Å²) in [5.74, 6) is -0.456. The van der Waals surface area contributed by atoms with Crippen LogP contribution in [0.3, 0.4) is 0 Å². The Labute approximate surface area is 150 Å². The predicted octanol–water partition coefficient (Wildman–Crippen LogP) is 2.48. The minimum Gasteiger partial charge on any atom is -0.482 e. The molecule has 1 saturated carbocycles. The van der Waals surface area contributed by atoms with Crippen molar-refractivity contribution in [3.8, 4) is 5.75 Å². The van der Waals surface area contributed by atoms with Crippen LogP contribution >= 0.6 is 0 Å². The van der Waals surface area contributed by atoms with E-state index in [2.05, 4.69) is 5.32 Å². The topological polar surface area (TPSA) is 81.7 Å². The molecule has 1 aliphatic carbocycles. The number of hydrogen-bond acceptors (Lipinski definition) is 5.